The Morgan fingerprint density at radius 1 is 1.14 bits per heavy atom. The fraction of sp³-hybridized carbons (Fsp3) is 0.375. The second kappa shape index (κ2) is 7.25. The van der Waals surface area contributed by atoms with Crippen LogP contribution < -0.4 is 5.73 Å². The predicted octanol–water partition coefficient (Wildman–Crippen LogP) is 4.32. The molecular weight excluding hydrogens is 302 g/mol. The van der Waals surface area contributed by atoms with Gasteiger partial charge in [-0.3, -0.25) is 0 Å². The molecule has 0 radical (unpaired) electrons. The maximum atomic E-state index is 6.30. The minimum absolute atomic E-state index is 0.0422. The number of hydrogen-bond donors (Lipinski definition) is 1. The van der Waals surface area contributed by atoms with Crippen LogP contribution >= 0.6 is 23.4 Å². The van der Waals surface area contributed by atoms with E-state index in [1.807, 2.05) is 44.2 Å². The third kappa shape index (κ3) is 4.43. The van der Waals surface area contributed by atoms with Gasteiger partial charge in [-0.25, -0.2) is 9.97 Å². The van der Waals surface area contributed by atoms with Gasteiger partial charge in [0.25, 0.3) is 0 Å². The Balaban J connectivity index is 2.30. The lowest BCUT2D eigenvalue weighted by molar-refractivity contribution is 0.632. The van der Waals surface area contributed by atoms with Crippen LogP contribution in [0.15, 0.2) is 35.5 Å². The van der Waals surface area contributed by atoms with Crippen molar-refractivity contribution in [1.29, 1.82) is 0 Å². The number of thioether (sulfide) groups is 1. The minimum Gasteiger partial charge on any atom is -0.326 e. The first-order valence-electron chi connectivity index (χ1n) is 6.99. The van der Waals surface area contributed by atoms with E-state index in [4.69, 9.17) is 17.3 Å². The van der Waals surface area contributed by atoms with Crippen molar-refractivity contribution < 1.29 is 0 Å². The van der Waals surface area contributed by atoms with E-state index in [1.54, 1.807) is 11.8 Å². The Morgan fingerprint density at radius 2 is 1.71 bits per heavy atom. The first-order chi connectivity index (χ1) is 9.99. The summed E-state index contributed by atoms with van der Waals surface area (Å²) in [4.78, 5) is 9.01. The van der Waals surface area contributed by atoms with Crippen molar-refractivity contribution in [2.24, 2.45) is 5.73 Å². The van der Waals surface area contributed by atoms with E-state index in [9.17, 15) is 0 Å². The largest absolute Gasteiger partial charge is 0.326 e. The summed E-state index contributed by atoms with van der Waals surface area (Å²) in [5.74, 6) is 0. The molecular formula is C16H20ClN3S. The fourth-order valence-corrected chi connectivity index (χ4v) is 3.54. The van der Waals surface area contributed by atoms with E-state index >= 15 is 0 Å². The van der Waals surface area contributed by atoms with E-state index in [0.29, 0.717) is 0 Å². The van der Waals surface area contributed by atoms with Crippen molar-refractivity contribution in [3.05, 3.63) is 52.3 Å². The number of halogens is 1. The maximum absolute atomic E-state index is 6.30. The number of nitrogens with zero attached hydrogens (tertiary/aromatic N) is 2. The van der Waals surface area contributed by atoms with Crippen molar-refractivity contribution in [1.82, 2.24) is 9.97 Å². The molecule has 0 aliphatic carbocycles. The van der Waals surface area contributed by atoms with Crippen molar-refractivity contribution in [2.75, 3.05) is 0 Å². The van der Waals surface area contributed by atoms with Gasteiger partial charge in [0.05, 0.1) is 5.25 Å². The minimum atomic E-state index is 0.0422. The van der Waals surface area contributed by atoms with Crippen molar-refractivity contribution >= 4 is 23.4 Å². The molecule has 5 heteroatoms. The summed E-state index contributed by atoms with van der Waals surface area (Å²) in [6.45, 7) is 6.06. The van der Waals surface area contributed by atoms with Crippen molar-refractivity contribution in [2.45, 2.75) is 43.6 Å². The number of benzene rings is 1. The Bertz CT molecular complexity index is 581. The zero-order valence-corrected chi connectivity index (χ0v) is 14.1. The highest BCUT2D eigenvalue weighted by molar-refractivity contribution is 7.99. The van der Waals surface area contributed by atoms with Crippen LogP contribution in [0.3, 0.4) is 0 Å². The quantitative estimate of drug-likeness (QED) is 0.658. The molecule has 3 nitrogen and oxygen atoms in total. The van der Waals surface area contributed by atoms with Crippen molar-refractivity contribution in [3.8, 4) is 0 Å². The average Bonchev–Trinajstić information content (AvgIpc) is 2.44. The van der Waals surface area contributed by atoms with E-state index < -0.39 is 0 Å². The highest BCUT2D eigenvalue weighted by Crippen LogP contribution is 2.37. The lowest BCUT2D eigenvalue weighted by atomic mass is 10.0. The predicted molar refractivity (Wildman–Crippen MR) is 89.8 cm³/mol. The Morgan fingerprint density at radius 3 is 2.24 bits per heavy atom. The lowest BCUT2D eigenvalue weighted by Gasteiger charge is -2.22. The van der Waals surface area contributed by atoms with Crippen LogP contribution in [0.2, 0.25) is 5.02 Å². The Labute approximate surface area is 135 Å². The standard InChI is InChI=1S/C16H20ClN3S/c1-4-14(18)15(12-5-7-13(17)8-6-12)21-16-19-10(2)9-11(3)20-16/h5-9,14-15H,4,18H2,1-3H3. The van der Waals surface area contributed by atoms with Crippen molar-refractivity contribution in [3.63, 3.8) is 0 Å². The maximum Gasteiger partial charge on any atom is 0.188 e. The third-order valence-electron chi connectivity index (χ3n) is 3.25. The summed E-state index contributed by atoms with van der Waals surface area (Å²) < 4.78 is 0. The number of aryl methyl sites for hydroxylation is 2. The Kier molecular flexibility index (Phi) is 5.62. The van der Waals surface area contributed by atoms with Gasteiger partial charge in [0.2, 0.25) is 0 Å². The normalized spacial score (nSPS) is 14.0. The summed E-state index contributed by atoms with van der Waals surface area (Å²) in [5, 5.41) is 1.63. The average molecular weight is 322 g/mol. The molecule has 0 spiro atoms. The van der Waals surface area contributed by atoms with Gasteiger partial charge in [-0.05, 0) is 44.0 Å². The van der Waals surface area contributed by atoms with Gasteiger partial charge >= 0.3 is 0 Å². The second-order valence-corrected chi connectivity index (χ2v) is 6.64. The highest BCUT2D eigenvalue weighted by Gasteiger charge is 2.21. The molecule has 0 aliphatic heterocycles. The van der Waals surface area contributed by atoms with Crippen LogP contribution in [0, 0.1) is 13.8 Å². The van der Waals surface area contributed by atoms with Crippen LogP contribution in [0.1, 0.15) is 35.5 Å². The molecule has 0 saturated heterocycles. The molecule has 2 atom stereocenters. The SMILES string of the molecule is CCC(N)C(Sc1nc(C)cc(C)n1)c1ccc(Cl)cc1. The van der Waals surface area contributed by atoms with Gasteiger partial charge in [-0.2, -0.15) is 0 Å². The zero-order chi connectivity index (χ0) is 15.4. The molecule has 112 valence electrons. The Hall–Kier alpha value is -1.10. The molecule has 2 unspecified atom stereocenters. The number of nitrogens with two attached hydrogens (primary N) is 1. The van der Waals surface area contributed by atoms with Crippen LogP contribution in [0.4, 0.5) is 0 Å². The summed E-state index contributed by atoms with van der Waals surface area (Å²) >= 11 is 7.59. The van der Waals surface area contributed by atoms with E-state index in [0.717, 1.165) is 33.6 Å². The summed E-state index contributed by atoms with van der Waals surface area (Å²) in [5.41, 5.74) is 9.41. The van der Waals surface area contributed by atoms with E-state index in [-0.39, 0.29) is 11.3 Å². The third-order valence-corrected chi connectivity index (χ3v) is 4.77. The summed E-state index contributed by atoms with van der Waals surface area (Å²) in [6.07, 6.45) is 0.894. The molecule has 1 heterocycles. The molecule has 0 saturated carbocycles. The lowest BCUT2D eigenvalue weighted by Crippen LogP contribution is -2.25. The zero-order valence-electron chi connectivity index (χ0n) is 12.5. The summed E-state index contributed by atoms with van der Waals surface area (Å²) in [7, 11) is 0. The van der Waals surface area contributed by atoms with E-state index in [2.05, 4.69) is 16.9 Å². The number of hydrogen-bond acceptors (Lipinski definition) is 4. The number of rotatable bonds is 5. The molecule has 0 aliphatic rings. The van der Waals surface area contributed by atoms with Crippen LogP contribution in [0.5, 0.6) is 0 Å². The first-order valence-corrected chi connectivity index (χ1v) is 8.25. The first kappa shape index (κ1) is 16.3. The molecule has 21 heavy (non-hydrogen) atoms. The second-order valence-electron chi connectivity index (χ2n) is 5.10. The molecule has 0 amide bonds. The van der Waals surface area contributed by atoms with Crippen LogP contribution in [-0.4, -0.2) is 16.0 Å². The van der Waals surface area contributed by atoms with Gasteiger partial charge in [0.15, 0.2) is 5.16 Å². The van der Waals surface area contributed by atoms with Gasteiger partial charge in [-0.1, -0.05) is 42.4 Å². The van der Waals surface area contributed by atoms with E-state index in [1.165, 1.54) is 0 Å². The topological polar surface area (TPSA) is 51.8 Å². The molecule has 2 rings (SSSR count). The molecule has 0 fully saturated rings. The van der Waals surface area contributed by atoms with Gasteiger partial charge < -0.3 is 5.73 Å². The molecule has 1 aromatic heterocycles. The molecule has 1 aromatic carbocycles. The monoisotopic (exact) mass is 321 g/mol. The van der Waals surface area contributed by atoms with Gasteiger partial charge in [0.1, 0.15) is 0 Å². The molecule has 0 bridgehead atoms. The highest BCUT2D eigenvalue weighted by atomic mass is 35.5. The van der Waals surface area contributed by atoms with Gasteiger partial charge in [0, 0.05) is 22.5 Å². The fourth-order valence-electron chi connectivity index (χ4n) is 2.13. The number of aromatic nitrogens is 2. The van der Waals surface area contributed by atoms with Gasteiger partial charge in [-0.15, -0.1) is 0 Å². The summed E-state index contributed by atoms with van der Waals surface area (Å²) in [6, 6.07) is 9.86. The molecule has 2 N–H and O–H groups in total. The molecule has 2 aromatic rings. The van der Waals surface area contributed by atoms with Crippen LogP contribution in [-0.2, 0) is 0 Å². The smallest absolute Gasteiger partial charge is 0.188 e. The van der Waals surface area contributed by atoms with Crippen LogP contribution in [0.25, 0.3) is 0 Å².